The third kappa shape index (κ3) is 3.06. The van der Waals surface area contributed by atoms with Crippen LogP contribution in [-0.4, -0.2) is 8.76 Å². The first-order valence-electron chi connectivity index (χ1n) is 3.38. The molecule has 0 aliphatic heterocycles. The van der Waals surface area contributed by atoms with E-state index in [1.165, 1.54) is 0 Å². The summed E-state index contributed by atoms with van der Waals surface area (Å²) in [5.41, 5.74) is 0.979. The molecule has 0 radical (unpaired) electrons. The molecule has 1 atom stereocenters. The molecule has 0 amide bonds. The quantitative estimate of drug-likeness (QED) is 0.615. The Labute approximate surface area is 92.2 Å². The Balaban J connectivity index is 3.08. The second kappa shape index (κ2) is 4.69. The second-order valence-corrected chi connectivity index (χ2v) is 4.50. The van der Waals surface area contributed by atoms with Gasteiger partial charge in [0.15, 0.2) is 0 Å². The monoisotopic (exact) mass is 306 g/mol. The molecule has 3 nitrogen and oxygen atoms in total. The van der Waals surface area contributed by atoms with Crippen LogP contribution in [0.3, 0.4) is 0 Å². The highest BCUT2D eigenvalue weighted by atomic mass is 127. The summed E-state index contributed by atoms with van der Waals surface area (Å²) in [5.74, 6) is -0.0974. The van der Waals surface area contributed by atoms with Gasteiger partial charge in [-0.1, -0.05) is 17.1 Å². The lowest BCUT2D eigenvalue weighted by Gasteiger charge is -2.06. The number of nitrogens with zero attached hydrogens (tertiary/aromatic N) is 1. The summed E-state index contributed by atoms with van der Waals surface area (Å²) >= 11 is -0.0646. The van der Waals surface area contributed by atoms with E-state index in [-0.39, 0.29) is 5.75 Å². The Morgan fingerprint density at radius 1 is 1.62 bits per heavy atom. The minimum atomic E-state index is -2.14. The van der Waals surface area contributed by atoms with Gasteiger partial charge >= 0.3 is 0 Å². The molecule has 5 heteroatoms. The fraction of sp³-hybridized carbons (Fsp3) is 0.125. The van der Waals surface area contributed by atoms with Crippen molar-refractivity contribution in [3.63, 3.8) is 0 Å². The van der Waals surface area contributed by atoms with Crippen LogP contribution >= 0.6 is 22.6 Å². The molecule has 0 aliphatic rings. The van der Waals surface area contributed by atoms with Crippen molar-refractivity contribution < 1.29 is 8.76 Å². The van der Waals surface area contributed by atoms with Crippen molar-refractivity contribution in [2.45, 2.75) is 5.75 Å². The zero-order chi connectivity index (χ0) is 9.84. The van der Waals surface area contributed by atoms with Crippen LogP contribution in [0.4, 0.5) is 0 Å². The van der Waals surface area contributed by atoms with E-state index in [4.69, 9.17) is 5.26 Å². The fourth-order valence-corrected chi connectivity index (χ4v) is 1.90. The molecule has 1 rings (SSSR count). The summed E-state index contributed by atoms with van der Waals surface area (Å²) in [6.45, 7) is 0. The summed E-state index contributed by atoms with van der Waals surface area (Å²) in [4.78, 5) is 0. The van der Waals surface area contributed by atoms with E-state index in [9.17, 15) is 8.76 Å². The number of hydrogen-bond donors (Lipinski definition) is 0. The van der Waals surface area contributed by atoms with Gasteiger partial charge in [0.05, 0.1) is 11.6 Å². The Hall–Kier alpha value is -0.450. The van der Waals surface area contributed by atoms with Gasteiger partial charge in [0, 0.05) is 9.32 Å². The minimum Gasteiger partial charge on any atom is -0.772 e. The van der Waals surface area contributed by atoms with Gasteiger partial charge in [-0.2, -0.15) is 5.26 Å². The molecule has 1 aromatic carbocycles. The van der Waals surface area contributed by atoms with E-state index in [1.54, 1.807) is 18.2 Å². The molecular weight excluding hydrogens is 301 g/mol. The maximum Gasteiger partial charge on any atom is 0.0995 e. The van der Waals surface area contributed by atoms with Crippen LogP contribution in [0.5, 0.6) is 0 Å². The zero-order valence-corrected chi connectivity index (χ0v) is 9.46. The van der Waals surface area contributed by atoms with E-state index in [0.717, 1.165) is 3.57 Å². The van der Waals surface area contributed by atoms with Gasteiger partial charge in [0.25, 0.3) is 0 Å². The Kier molecular flexibility index (Phi) is 3.84. The smallest absolute Gasteiger partial charge is 0.0995 e. The third-order valence-electron chi connectivity index (χ3n) is 1.47. The number of hydrogen-bond acceptors (Lipinski definition) is 3. The van der Waals surface area contributed by atoms with Crippen molar-refractivity contribution in [2.24, 2.45) is 0 Å². The molecule has 0 spiro atoms. The van der Waals surface area contributed by atoms with Crippen molar-refractivity contribution in [3.8, 4) is 6.07 Å². The molecule has 0 N–H and O–H groups in total. The lowest BCUT2D eigenvalue weighted by atomic mass is 10.1. The van der Waals surface area contributed by atoms with E-state index < -0.39 is 11.1 Å². The first-order chi connectivity index (χ1) is 6.13. The topological polar surface area (TPSA) is 63.9 Å². The van der Waals surface area contributed by atoms with Gasteiger partial charge in [-0.3, -0.25) is 4.21 Å². The summed E-state index contributed by atoms with van der Waals surface area (Å²) in [6.07, 6.45) is 0. The standard InChI is InChI=1S/C8H6INO2S/c9-8-2-1-6(5-13(11)12)7(3-8)4-10/h1-3H,5H2,(H,11,12)/p-1. The number of benzene rings is 1. The van der Waals surface area contributed by atoms with E-state index >= 15 is 0 Å². The summed E-state index contributed by atoms with van der Waals surface area (Å²) < 4.78 is 21.7. The molecule has 0 saturated carbocycles. The number of nitriles is 1. The molecule has 1 aromatic rings. The summed E-state index contributed by atoms with van der Waals surface area (Å²) in [6, 6.07) is 7.08. The lowest BCUT2D eigenvalue weighted by molar-refractivity contribution is 0.536. The molecular formula is C8H5INO2S-. The summed E-state index contributed by atoms with van der Waals surface area (Å²) in [5, 5.41) is 8.70. The van der Waals surface area contributed by atoms with Gasteiger partial charge in [-0.15, -0.1) is 0 Å². The van der Waals surface area contributed by atoms with Crippen LogP contribution in [0.15, 0.2) is 18.2 Å². The minimum absolute atomic E-state index is 0.0974. The van der Waals surface area contributed by atoms with Crippen LogP contribution < -0.4 is 0 Å². The van der Waals surface area contributed by atoms with Crippen LogP contribution in [-0.2, 0) is 16.8 Å². The van der Waals surface area contributed by atoms with Crippen LogP contribution in [0.2, 0.25) is 0 Å². The van der Waals surface area contributed by atoms with E-state index in [2.05, 4.69) is 22.6 Å². The lowest BCUT2D eigenvalue weighted by Crippen LogP contribution is -1.96. The maximum absolute atomic E-state index is 10.4. The van der Waals surface area contributed by atoms with E-state index in [1.807, 2.05) is 6.07 Å². The largest absolute Gasteiger partial charge is 0.772 e. The molecule has 0 saturated heterocycles. The van der Waals surface area contributed by atoms with Crippen molar-refractivity contribution in [1.82, 2.24) is 0 Å². The third-order valence-corrected chi connectivity index (χ3v) is 2.68. The number of rotatable bonds is 2. The van der Waals surface area contributed by atoms with Gasteiger partial charge in [-0.25, -0.2) is 0 Å². The Morgan fingerprint density at radius 3 is 2.85 bits per heavy atom. The number of halogens is 1. The molecule has 0 heterocycles. The molecule has 1 unspecified atom stereocenters. The van der Waals surface area contributed by atoms with Crippen molar-refractivity contribution in [3.05, 3.63) is 32.9 Å². The molecule has 0 bridgehead atoms. The SMILES string of the molecule is N#Cc1cc(I)ccc1CS(=O)[O-]. The van der Waals surface area contributed by atoms with Gasteiger partial charge in [-0.05, 0) is 40.3 Å². The highest BCUT2D eigenvalue weighted by Gasteiger charge is 2.01. The zero-order valence-electron chi connectivity index (χ0n) is 6.49. The van der Waals surface area contributed by atoms with Gasteiger partial charge in [0.2, 0.25) is 0 Å². The van der Waals surface area contributed by atoms with Crippen molar-refractivity contribution in [1.29, 1.82) is 5.26 Å². The Bertz CT molecular complexity index is 386. The predicted molar refractivity (Wildman–Crippen MR) is 56.5 cm³/mol. The van der Waals surface area contributed by atoms with Crippen LogP contribution in [0.1, 0.15) is 11.1 Å². The molecule has 0 fully saturated rings. The van der Waals surface area contributed by atoms with E-state index in [0.29, 0.717) is 11.1 Å². The summed E-state index contributed by atoms with van der Waals surface area (Å²) in [7, 11) is 0. The normalized spacial score (nSPS) is 12.1. The predicted octanol–water partition coefficient (Wildman–Crippen LogP) is 1.54. The first-order valence-corrected chi connectivity index (χ1v) is 5.70. The molecule has 13 heavy (non-hydrogen) atoms. The molecule has 0 aliphatic carbocycles. The molecule has 0 aromatic heterocycles. The Morgan fingerprint density at radius 2 is 2.31 bits per heavy atom. The van der Waals surface area contributed by atoms with Crippen molar-refractivity contribution in [2.75, 3.05) is 0 Å². The van der Waals surface area contributed by atoms with Crippen LogP contribution in [0.25, 0.3) is 0 Å². The highest BCUT2D eigenvalue weighted by molar-refractivity contribution is 14.1. The van der Waals surface area contributed by atoms with Gasteiger partial charge < -0.3 is 4.55 Å². The second-order valence-electron chi connectivity index (χ2n) is 2.36. The fourth-order valence-electron chi connectivity index (χ4n) is 0.906. The van der Waals surface area contributed by atoms with Gasteiger partial charge in [0.1, 0.15) is 0 Å². The highest BCUT2D eigenvalue weighted by Crippen LogP contribution is 2.14. The molecule has 68 valence electrons. The average Bonchev–Trinajstić information content (AvgIpc) is 2.07. The average molecular weight is 306 g/mol. The van der Waals surface area contributed by atoms with Crippen molar-refractivity contribution >= 4 is 33.7 Å². The first kappa shape index (κ1) is 10.6. The maximum atomic E-state index is 10.4. The van der Waals surface area contributed by atoms with Crippen LogP contribution in [0, 0.1) is 14.9 Å².